The number of carbonyl (C=O) groups is 1. The van der Waals surface area contributed by atoms with Crippen molar-refractivity contribution < 1.29 is 22.7 Å². The van der Waals surface area contributed by atoms with Crippen LogP contribution in [0, 0.1) is 0 Å². The molecule has 0 aromatic heterocycles. The van der Waals surface area contributed by atoms with Crippen molar-refractivity contribution in [2.24, 2.45) is 0 Å². The molecule has 154 valence electrons. The van der Waals surface area contributed by atoms with Gasteiger partial charge >= 0.3 is 6.18 Å². The number of ketones is 1. The number of Topliss-reactive ketones (excluding diaryl/α,β-unsaturated/α-hetero) is 1. The first-order chi connectivity index (χ1) is 12.8. The molecule has 0 atom stereocenters. The minimum absolute atomic E-state index is 0.0830. The van der Waals surface area contributed by atoms with E-state index in [2.05, 4.69) is 18.9 Å². The van der Waals surface area contributed by atoms with Crippen LogP contribution in [-0.2, 0) is 11.2 Å². The highest BCUT2D eigenvalue weighted by molar-refractivity contribution is 5.84. The lowest BCUT2D eigenvalue weighted by Gasteiger charge is -2.17. The second-order valence-electron chi connectivity index (χ2n) is 6.98. The lowest BCUT2D eigenvalue weighted by Crippen LogP contribution is -2.25. The average molecular weight is 387 g/mol. The number of rotatable bonds is 14. The van der Waals surface area contributed by atoms with E-state index in [0.717, 1.165) is 13.1 Å². The van der Waals surface area contributed by atoms with Gasteiger partial charge in [-0.3, -0.25) is 4.79 Å². The maximum atomic E-state index is 12.2. The van der Waals surface area contributed by atoms with Gasteiger partial charge in [-0.25, -0.2) is 0 Å². The number of hydrogen-bond acceptors (Lipinski definition) is 3. The highest BCUT2D eigenvalue weighted by atomic mass is 19.4. The standard InChI is InChI=1S/C21H32F3NO2/c1-3-4-5-6-7-8-15-25(2)16-17-27-19-12-9-18(10-13-19)11-14-20(26)21(22,23)24/h9-10,12-13H,3-8,11,14-17H2,1-2H3. The summed E-state index contributed by atoms with van der Waals surface area (Å²) >= 11 is 0. The lowest BCUT2D eigenvalue weighted by molar-refractivity contribution is -0.171. The van der Waals surface area contributed by atoms with Crippen molar-refractivity contribution in [3.05, 3.63) is 29.8 Å². The van der Waals surface area contributed by atoms with Crippen molar-refractivity contribution in [3.8, 4) is 5.75 Å². The topological polar surface area (TPSA) is 29.5 Å². The molecule has 6 heteroatoms. The minimum atomic E-state index is -4.75. The Labute approximate surface area is 160 Å². The van der Waals surface area contributed by atoms with Gasteiger partial charge in [-0.15, -0.1) is 0 Å². The van der Waals surface area contributed by atoms with Gasteiger partial charge in [-0.1, -0.05) is 51.2 Å². The molecule has 0 aliphatic heterocycles. The SMILES string of the molecule is CCCCCCCCN(C)CCOc1ccc(CCC(=O)C(F)(F)F)cc1. The molecule has 3 nitrogen and oxygen atoms in total. The molecule has 1 aromatic rings. The predicted octanol–water partition coefficient (Wildman–Crippen LogP) is 5.42. The summed E-state index contributed by atoms with van der Waals surface area (Å²) in [5.74, 6) is -0.995. The van der Waals surface area contributed by atoms with Crippen molar-refractivity contribution >= 4 is 5.78 Å². The second kappa shape index (κ2) is 12.8. The molecule has 0 aliphatic carbocycles. The fourth-order valence-corrected chi connectivity index (χ4v) is 2.75. The summed E-state index contributed by atoms with van der Waals surface area (Å²) < 4.78 is 42.3. The Morgan fingerprint density at radius 3 is 2.26 bits per heavy atom. The van der Waals surface area contributed by atoms with E-state index in [1.807, 2.05) is 0 Å². The first-order valence-electron chi connectivity index (χ1n) is 9.83. The van der Waals surface area contributed by atoms with Crippen LogP contribution in [0.4, 0.5) is 13.2 Å². The van der Waals surface area contributed by atoms with Crippen molar-refractivity contribution in [2.45, 2.75) is 64.5 Å². The van der Waals surface area contributed by atoms with Gasteiger partial charge in [-0.05, 0) is 44.1 Å². The molecule has 0 fully saturated rings. The third-order valence-corrected chi connectivity index (χ3v) is 4.52. The van der Waals surface area contributed by atoms with E-state index < -0.39 is 18.4 Å². The zero-order valence-corrected chi connectivity index (χ0v) is 16.5. The average Bonchev–Trinajstić information content (AvgIpc) is 2.63. The Morgan fingerprint density at radius 1 is 1.00 bits per heavy atom. The number of alkyl halides is 3. The number of nitrogens with zero attached hydrogens (tertiary/aromatic N) is 1. The molecule has 0 heterocycles. The van der Waals surface area contributed by atoms with Crippen molar-refractivity contribution in [2.75, 3.05) is 26.7 Å². The van der Waals surface area contributed by atoms with Gasteiger partial charge < -0.3 is 9.64 Å². The smallest absolute Gasteiger partial charge is 0.449 e. The monoisotopic (exact) mass is 387 g/mol. The Hall–Kier alpha value is -1.56. The van der Waals surface area contributed by atoms with Gasteiger partial charge in [0.1, 0.15) is 12.4 Å². The molecule has 1 aromatic carbocycles. The van der Waals surface area contributed by atoms with E-state index >= 15 is 0 Å². The molecule has 1 rings (SSSR count). The van der Waals surface area contributed by atoms with Gasteiger partial charge in [0.25, 0.3) is 0 Å². The molecule has 0 bridgehead atoms. The molecule has 0 N–H and O–H groups in total. The van der Waals surface area contributed by atoms with Crippen LogP contribution in [0.25, 0.3) is 0 Å². The Morgan fingerprint density at radius 2 is 1.63 bits per heavy atom. The highest BCUT2D eigenvalue weighted by Crippen LogP contribution is 2.20. The van der Waals surface area contributed by atoms with Crippen LogP contribution < -0.4 is 4.74 Å². The van der Waals surface area contributed by atoms with Gasteiger partial charge in [-0.2, -0.15) is 13.2 Å². The number of halogens is 3. The van der Waals surface area contributed by atoms with E-state index in [9.17, 15) is 18.0 Å². The Kier molecular flexibility index (Phi) is 11.1. The fraction of sp³-hybridized carbons (Fsp3) is 0.667. The van der Waals surface area contributed by atoms with Crippen LogP contribution >= 0.6 is 0 Å². The van der Waals surface area contributed by atoms with Gasteiger partial charge in [0.05, 0.1) is 0 Å². The van der Waals surface area contributed by atoms with E-state index in [1.54, 1.807) is 24.3 Å². The first kappa shape index (κ1) is 23.5. The Bertz CT molecular complexity index is 529. The molecule has 0 aliphatic rings. The zero-order valence-electron chi connectivity index (χ0n) is 16.5. The highest BCUT2D eigenvalue weighted by Gasteiger charge is 2.37. The summed E-state index contributed by atoms with van der Waals surface area (Å²) in [5.41, 5.74) is 0.695. The summed E-state index contributed by atoms with van der Waals surface area (Å²) in [5, 5.41) is 0. The summed E-state index contributed by atoms with van der Waals surface area (Å²) in [6, 6.07) is 6.89. The maximum Gasteiger partial charge on any atom is 0.449 e. The third kappa shape index (κ3) is 11.0. The number of ether oxygens (including phenoxy) is 1. The molecule has 0 amide bonds. The summed E-state index contributed by atoms with van der Waals surface area (Å²) in [6.45, 7) is 4.67. The van der Waals surface area contributed by atoms with Crippen LogP contribution in [-0.4, -0.2) is 43.6 Å². The van der Waals surface area contributed by atoms with Gasteiger partial charge in [0, 0.05) is 13.0 Å². The number of likely N-dealkylation sites (N-methyl/N-ethyl adjacent to an activating group) is 1. The molecule has 0 spiro atoms. The van der Waals surface area contributed by atoms with E-state index in [0.29, 0.717) is 17.9 Å². The number of unbranched alkanes of at least 4 members (excludes halogenated alkanes) is 5. The molecule has 0 radical (unpaired) electrons. The van der Waals surface area contributed by atoms with Crippen LogP contribution in [0.3, 0.4) is 0 Å². The number of carbonyl (C=O) groups excluding carboxylic acids is 1. The summed E-state index contributed by atoms with van der Waals surface area (Å²) in [4.78, 5) is 13.1. The maximum absolute atomic E-state index is 12.2. The first-order valence-corrected chi connectivity index (χ1v) is 9.83. The molecular weight excluding hydrogens is 355 g/mol. The number of aryl methyl sites for hydroxylation is 1. The van der Waals surface area contributed by atoms with E-state index in [1.165, 1.54) is 38.5 Å². The van der Waals surface area contributed by atoms with E-state index in [-0.39, 0.29) is 6.42 Å². The fourth-order valence-electron chi connectivity index (χ4n) is 2.75. The second-order valence-corrected chi connectivity index (χ2v) is 6.98. The van der Waals surface area contributed by atoms with Gasteiger partial charge in [0.15, 0.2) is 0 Å². The number of hydrogen-bond donors (Lipinski definition) is 0. The lowest BCUT2D eigenvalue weighted by atomic mass is 10.1. The summed E-state index contributed by atoms with van der Waals surface area (Å²) in [7, 11) is 2.08. The van der Waals surface area contributed by atoms with E-state index in [4.69, 9.17) is 4.74 Å². The van der Waals surface area contributed by atoms with Crippen LogP contribution in [0.2, 0.25) is 0 Å². The molecule has 27 heavy (non-hydrogen) atoms. The largest absolute Gasteiger partial charge is 0.492 e. The van der Waals surface area contributed by atoms with Crippen molar-refractivity contribution in [1.29, 1.82) is 0 Å². The summed E-state index contributed by atoms with van der Waals surface area (Å²) in [6.07, 6.45) is 2.50. The van der Waals surface area contributed by atoms with Crippen LogP contribution in [0.15, 0.2) is 24.3 Å². The number of benzene rings is 1. The van der Waals surface area contributed by atoms with Crippen LogP contribution in [0.1, 0.15) is 57.4 Å². The quantitative estimate of drug-likeness (QED) is 0.399. The van der Waals surface area contributed by atoms with Gasteiger partial charge in [0.2, 0.25) is 5.78 Å². The predicted molar refractivity (Wildman–Crippen MR) is 102 cm³/mol. The third-order valence-electron chi connectivity index (χ3n) is 4.52. The van der Waals surface area contributed by atoms with Crippen molar-refractivity contribution in [3.63, 3.8) is 0 Å². The molecule has 0 saturated heterocycles. The zero-order chi connectivity index (χ0) is 20.1. The Balaban J connectivity index is 2.17. The van der Waals surface area contributed by atoms with Crippen LogP contribution in [0.5, 0.6) is 5.75 Å². The normalized spacial score (nSPS) is 11.8. The molecule has 0 saturated carbocycles. The van der Waals surface area contributed by atoms with Crippen molar-refractivity contribution in [1.82, 2.24) is 4.90 Å². The molecular formula is C21H32F3NO2. The minimum Gasteiger partial charge on any atom is -0.492 e. The molecule has 0 unspecified atom stereocenters.